The molecule has 1 aliphatic heterocycles. The molecule has 0 amide bonds. The Hall–Kier alpha value is -0.0951. The second-order valence-corrected chi connectivity index (χ2v) is 1.62. The molecule has 0 atom stereocenters. The third kappa shape index (κ3) is 2.32. The molecule has 9 heavy (non-hydrogen) atoms. The fourth-order valence-electron chi connectivity index (χ4n) is 0.582. The maximum absolute atomic E-state index is 8.29. The molecule has 0 aromatic rings. The SMILES string of the molecule is OCCOB1OCCO1. The summed E-state index contributed by atoms with van der Waals surface area (Å²) in [5, 5.41) is 8.29. The van der Waals surface area contributed by atoms with Crippen molar-refractivity contribution in [3.8, 4) is 0 Å². The first-order chi connectivity index (χ1) is 4.43. The molecule has 1 heterocycles. The Morgan fingerprint density at radius 2 is 2.11 bits per heavy atom. The van der Waals surface area contributed by atoms with Crippen LogP contribution in [-0.2, 0) is 14.0 Å². The van der Waals surface area contributed by atoms with E-state index in [2.05, 4.69) is 0 Å². The Balaban J connectivity index is 1.98. The maximum Gasteiger partial charge on any atom is 0.639 e. The van der Waals surface area contributed by atoms with Gasteiger partial charge in [-0.15, -0.1) is 0 Å². The van der Waals surface area contributed by atoms with Gasteiger partial charge in [0.25, 0.3) is 0 Å². The number of aliphatic hydroxyl groups excluding tert-OH is 1. The molecule has 1 N–H and O–H groups in total. The molecule has 4 nitrogen and oxygen atoms in total. The molecule has 1 saturated heterocycles. The second kappa shape index (κ2) is 3.84. The van der Waals surface area contributed by atoms with E-state index in [1.807, 2.05) is 0 Å². The Bertz CT molecular complexity index is 73.0. The van der Waals surface area contributed by atoms with Gasteiger partial charge in [0.1, 0.15) is 0 Å². The number of hydrogen-bond acceptors (Lipinski definition) is 4. The quantitative estimate of drug-likeness (QED) is 0.501. The molecule has 0 aromatic carbocycles. The Labute approximate surface area is 53.9 Å². The van der Waals surface area contributed by atoms with Crippen molar-refractivity contribution >= 4 is 7.32 Å². The summed E-state index contributed by atoms with van der Waals surface area (Å²) in [6, 6.07) is 0. The molecule has 5 heteroatoms. The third-order valence-corrected chi connectivity index (χ3v) is 0.936. The molecular weight excluding hydrogens is 123 g/mol. The molecule has 0 unspecified atom stereocenters. The van der Waals surface area contributed by atoms with Crippen molar-refractivity contribution in [1.82, 2.24) is 0 Å². The largest absolute Gasteiger partial charge is 0.639 e. The zero-order chi connectivity index (χ0) is 6.53. The summed E-state index contributed by atoms with van der Waals surface area (Å²) in [5.74, 6) is 0. The highest BCUT2D eigenvalue weighted by Crippen LogP contribution is 1.98. The summed E-state index contributed by atoms with van der Waals surface area (Å²) < 4.78 is 14.7. The summed E-state index contributed by atoms with van der Waals surface area (Å²) in [4.78, 5) is 0. The van der Waals surface area contributed by atoms with Crippen LogP contribution < -0.4 is 0 Å². The predicted octanol–water partition coefficient (Wildman–Crippen LogP) is -0.973. The van der Waals surface area contributed by atoms with Crippen molar-refractivity contribution in [1.29, 1.82) is 0 Å². The van der Waals surface area contributed by atoms with Gasteiger partial charge in [-0.3, -0.25) is 0 Å². The third-order valence-electron chi connectivity index (χ3n) is 0.936. The molecule has 0 radical (unpaired) electrons. The van der Waals surface area contributed by atoms with Gasteiger partial charge in [0.15, 0.2) is 0 Å². The molecular formula is C4H9BO4. The van der Waals surface area contributed by atoms with Crippen LogP contribution in [0.2, 0.25) is 0 Å². The van der Waals surface area contributed by atoms with Gasteiger partial charge in [-0.25, -0.2) is 0 Å². The van der Waals surface area contributed by atoms with Crippen molar-refractivity contribution in [2.75, 3.05) is 26.4 Å². The first kappa shape index (κ1) is 7.02. The van der Waals surface area contributed by atoms with E-state index in [0.29, 0.717) is 13.2 Å². The highest BCUT2D eigenvalue weighted by molar-refractivity contribution is 6.36. The summed E-state index contributed by atoms with van der Waals surface area (Å²) in [7, 11) is -0.544. The molecule has 0 aromatic heterocycles. The topological polar surface area (TPSA) is 47.9 Å². The van der Waals surface area contributed by atoms with Crippen LogP contribution in [-0.4, -0.2) is 38.9 Å². The fraction of sp³-hybridized carbons (Fsp3) is 1.00. The standard InChI is InChI=1S/C4H9BO4/c6-1-2-7-5-8-3-4-9-5/h6H,1-4H2. The number of hydrogen-bond donors (Lipinski definition) is 1. The van der Waals surface area contributed by atoms with Crippen molar-refractivity contribution in [2.45, 2.75) is 0 Å². The lowest BCUT2D eigenvalue weighted by atomic mass is 10.2. The zero-order valence-electron chi connectivity index (χ0n) is 5.08. The zero-order valence-corrected chi connectivity index (χ0v) is 5.08. The van der Waals surface area contributed by atoms with Crippen LogP contribution in [0.5, 0.6) is 0 Å². The van der Waals surface area contributed by atoms with E-state index >= 15 is 0 Å². The van der Waals surface area contributed by atoms with Gasteiger partial charge in [-0.1, -0.05) is 0 Å². The molecule has 0 spiro atoms. The Kier molecular flexibility index (Phi) is 3.00. The van der Waals surface area contributed by atoms with Crippen LogP contribution in [0.15, 0.2) is 0 Å². The molecule has 1 fully saturated rings. The first-order valence-electron chi connectivity index (χ1n) is 2.89. The van der Waals surface area contributed by atoms with E-state index in [0.717, 1.165) is 0 Å². The minimum absolute atomic E-state index is 0.00319. The minimum Gasteiger partial charge on any atom is -0.394 e. The lowest BCUT2D eigenvalue weighted by molar-refractivity contribution is 0.137. The monoisotopic (exact) mass is 132 g/mol. The molecule has 0 aliphatic carbocycles. The summed E-state index contributed by atoms with van der Waals surface area (Å²) in [6.45, 7) is 1.43. The number of rotatable bonds is 3. The molecule has 1 aliphatic rings. The minimum atomic E-state index is -0.544. The summed E-state index contributed by atoms with van der Waals surface area (Å²) in [5.41, 5.74) is 0. The Morgan fingerprint density at radius 1 is 1.44 bits per heavy atom. The fourth-order valence-corrected chi connectivity index (χ4v) is 0.582. The van der Waals surface area contributed by atoms with E-state index in [4.69, 9.17) is 19.1 Å². The van der Waals surface area contributed by atoms with E-state index < -0.39 is 7.32 Å². The second-order valence-electron chi connectivity index (χ2n) is 1.62. The first-order valence-corrected chi connectivity index (χ1v) is 2.89. The van der Waals surface area contributed by atoms with Crippen LogP contribution in [0.1, 0.15) is 0 Å². The van der Waals surface area contributed by atoms with Crippen molar-refractivity contribution in [2.24, 2.45) is 0 Å². The normalized spacial score (nSPS) is 19.0. The van der Waals surface area contributed by atoms with E-state index in [1.54, 1.807) is 0 Å². The van der Waals surface area contributed by atoms with Gasteiger partial charge in [0.05, 0.1) is 26.4 Å². The van der Waals surface area contributed by atoms with Crippen LogP contribution >= 0.6 is 0 Å². The summed E-state index contributed by atoms with van der Waals surface area (Å²) in [6.07, 6.45) is 0. The van der Waals surface area contributed by atoms with E-state index in [1.165, 1.54) is 0 Å². The lowest BCUT2D eigenvalue weighted by Gasteiger charge is -2.01. The van der Waals surface area contributed by atoms with Crippen LogP contribution in [0, 0.1) is 0 Å². The smallest absolute Gasteiger partial charge is 0.394 e. The van der Waals surface area contributed by atoms with Gasteiger partial charge >= 0.3 is 7.32 Å². The summed E-state index contributed by atoms with van der Waals surface area (Å²) >= 11 is 0. The van der Waals surface area contributed by atoms with Crippen molar-refractivity contribution in [3.05, 3.63) is 0 Å². The predicted molar refractivity (Wildman–Crippen MR) is 30.7 cm³/mol. The Morgan fingerprint density at radius 3 is 2.67 bits per heavy atom. The van der Waals surface area contributed by atoms with Crippen LogP contribution in [0.25, 0.3) is 0 Å². The van der Waals surface area contributed by atoms with Crippen molar-refractivity contribution in [3.63, 3.8) is 0 Å². The van der Waals surface area contributed by atoms with Gasteiger partial charge in [-0.2, -0.15) is 0 Å². The molecule has 0 bridgehead atoms. The van der Waals surface area contributed by atoms with Crippen molar-refractivity contribution < 1.29 is 19.1 Å². The van der Waals surface area contributed by atoms with Gasteiger partial charge in [0.2, 0.25) is 0 Å². The lowest BCUT2D eigenvalue weighted by Crippen LogP contribution is -2.21. The molecule has 1 rings (SSSR count). The van der Waals surface area contributed by atoms with Gasteiger partial charge in [0, 0.05) is 0 Å². The van der Waals surface area contributed by atoms with Gasteiger partial charge in [-0.05, 0) is 0 Å². The van der Waals surface area contributed by atoms with Crippen LogP contribution in [0.4, 0.5) is 0 Å². The van der Waals surface area contributed by atoms with E-state index in [-0.39, 0.29) is 13.2 Å². The number of aliphatic hydroxyl groups is 1. The highest BCUT2D eigenvalue weighted by Gasteiger charge is 2.25. The molecule has 0 saturated carbocycles. The van der Waals surface area contributed by atoms with Gasteiger partial charge < -0.3 is 19.1 Å². The van der Waals surface area contributed by atoms with E-state index in [9.17, 15) is 0 Å². The van der Waals surface area contributed by atoms with Crippen LogP contribution in [0.3, 0.4) is 0 Å². The highest BCUT2D eigenvalue weighted by atomic mass is 16.8. The average molecular weight is 132 g/mol. The average Bonchev–Trinajstić information content (AvgIpc) is 2.34. The molecule has 52 valence electrons. The maximum atomic E-state index is 8.29.